The zero-order chi connectivity index (χ0) is 14.0. The molecule has 0 aliphatic heterocycles. The summed E-state index contributed by atoms with van der Waals surface area (Å²) >= 11 is 0. The van der Waals surface area contributed by atoms with Crippen molar-refractivity contribution in [3.05, 3.63) is 47.7 Å². The minimum atomic E-state index is -1.31. The van der Waals surface area contributed by atoms with Gasteiger partial charge in [-0.3, -0.25) is 0 Å². The first-order valence-corrected chi connectivity index (χ1v) is 4.94. The Hall–Kier alpha value is -2.64. The average Bonchev–Trinajstić information content (AvgIpc) is 2.36. The predicted molar refractivity (Wildman–Crippen MR) is 58.6 cm³/mol. The molecule has 2 aromatic rings. The molecule has 0 radical (unpaired) electrons. The molecule has 1 heterocycles. The van der Waals surface area contributed by atoms with E-state index in [4.69, 9.17) is 5.11 Å². The first-order chi connectivity index (χ1) is 8.97. The molecule has 0 spiro atoms. The number of benzene rings is 1. The quantitative estimate of drug-likeness (QED) is 0.836. The molecule has 0 saturated heterocycles. The van der Waals surface area contributed by atoms with Gasteiger partial charge in [0, 0.05) is 12.1 Å². The van der Waals surface area contributed by atoms with E-state index in [1.807, 2.05) is 0 Å². The summed E-state index contributed by atoms with van der Waals surface area (Å²) in [7, 11) is 0. The fourth-order valence-electron chi connectivity index (χ4n) is 1.26. The highest BCUT2D eigenvalue weighted by atomic mass is 19.2. The Bertz CT molecular complexity index is 632. The van der Waals surface area contributed by atoms with Crippen molar-refractivity contribution in [2.45, 2.75) is 0 Å². The number of carboxylic acid groups (broad SMARTS) is 1. The van der Waals surface area contributed by atoms with Crippen molar-refractivity contribution in [2.75, 3.05) is 5.32 Å². The number of aromatic nitrogens is 2. The maximum Gasteiger partial charge on any atom is 0.356 e. The van der Waals surface area contributed by atoms with Gasteiger partial charge in [-0.05, 0) is 0 Å². The summed E-state index contributed by atoms with van der Waals surface area (Å²) in [5.41, 5.74) is -0.632. The van der Waals surface area contributed by atoms with E-state index in [1.54, 1.807) is 0 Å². The predicted octanol–water partition coefficient (Wildman–Crippen LogP) is 2.34. The molecule has 98 valence electrons. The number of halogens is 3. The van der Waals surface area contributed by atoms with Crippen LogP contribution in [0.25, 0.3) is 0 Å². The number of anilines is 2. The van der Waals surface area contributed by atoms with Gasteiger partial charge in [-0.2, -0.15) is 0 Å². The van der Waals surface area contributed by atoms with Gasteiger partial charge in [-0.1, -0.05) is 0 Å². The zero-order valence-corrected chi connectivity index (χ0v) is 9.19. The highest BCUT2D eigenvalue weighted by Gasteiger charge is 2.11. The summed E-state index contributed by atoms with van der Waals surface area (Å²) in [6.45, 7) is 0. The Morgan fingerprint density at radius 1 is 1.05 bits per heavy atom. The van der Waals surface area contributed by atoms with Crippen LogP contribution >= 0.6 is 0 Å². The second-order valence-electron chi connectivity index (χ2n) is 3.46. The average molecular weight is 269 g/mol. The SMILES string of the molecule is O=C(O)c1cnc(Nc2cc(F)c(F)cc2F)cn1. The Labute approximate surface area is 104 Å². The molecule has 0 saturated carbocycles. The molecule has 0 aliphatic carbocycles. The molecule has 5 nitrogen and oxygen atoms in total. The molecule has 0 amide bonds. The molecule has 0 aliphatic rings. The van der Waals surface area contributed by atoms with Crippen molar-refractivity contribution < 1.29 is 23.1 Å². The normalized spacial score (nSPS) is 10.3. The fourth-order valence-corrected chi connectivity index (χ4v) is 1.26. The van der Waals surface area contributed by atoms with Crippen LogP contribution in [0.2, 0.25) is 0 Å². The van der Waals surface area contributed by atoms with Crippen LogP contribution in [0, 0.1) is 17.5 Å². The summed E-state index contributed by atoms with van der Waals surface area (Å²) in [5.74, 6) is -4.81. The number of nitrogens with zero attached hydrogens (tertiary/aromatic N) is 2. The van der Waals surface area contributed by atoms with Crippen LogP contribution in [0.5, 0.6) is 0 Å². The zero-order valence-electron chi connectivity index (χ0n) is 9.19. The number of nitrogens with one attached hydrogen (secondary N) is 1. The second kappa shape index (κ2) is 4.92. The van der Waals surface area contributed by atoms with Gasteiger partial charge in [0.2, 0.25) is 0 Å². The Morgan fingerprint density at radius 3 is 2.32 bits per heavy atom. The van der Waals surface area contributed by atoms with E-state index >= 15 is 0 Å². The molecule has 0 bridgehead atoms. The maximum absolute atomic E-state index is 13.3. The van der Waals surface area contributed by atoms with Crippen LogP contribution in [0.15, 0.2) is 24.5 Å². The molecule has 2 rings (SSSR count). The van der Waals surface area contributed by atoms with Gasteiger partial charge in [-0.15, -0.1) is 0 Å². The largest absolute Gasteiger partial charge is 0.476 e. The van der Waals surface area contributed by atoms with E-state index in [0.29, 0.717) is 12.1 Å². The van der Waals surface area contributed by atoms with Gasteiger partial charge < -0.3 is 10.4 Å². The Morgan fingerprint density at radius 2 is 1.74 bits per heavy atom. The molecule has 1 aromatic heterocycles. The van der Waals surface area contributed by atoms with Crippen molar-refractivity contribution in [1.82, 2.24) is 9.97 Å². The van der Waals surface area contributed by atoms with E-state index in [-0.39, 0.29) is 17.2 Å². The third kappa shape index (κ3) is 2.79. The lowest BCUT2D eigenvalue weighted by molar-refractivity contribution is 0.0690. The van der Waals surface area contributed by atoms with Crippen LogP contribution in [0.3, 0.4) is 0 Å². The lowest BCUT2D eigenvalue weighted by Crippen LogP contribution is -2.04. The lowest BCUT2D eigenvalue weighted by atomic mass is 10.3. The van der Waals surface area contributed by atoms with E-state index in [2.05, 4.69) is 15.3 Å². The van der Waals surface area contributed by atoms with Gasteiger partial charge in [0.15, 0.2) is 17.3 Å². The number of rotatable bonds is 3. The van der Waals surface area contributed by atoms with Crippen molar-refractivity contribution in [1.29, 1.82) is 0 Å². The topological polar surface area (TPSA) is 75.1 Å². The highest BCUT2D eigenvalue weighted by Crippen LogP contribution is 2.21. The van der Waals surface area contributed by atoms with Gasteiger partial charge in [-0.25, -0.2) is 27.9 Å². The summed E-state index contributed by atoms with van der Waals surface area (Å²) < 4.78 is 39.0. The number of carbonyl (C=O) groups is 1. The van der Waals surface area contributed by atoms with Crippen LogP contribution in [-0.2, 0) is 0 Å². The third-order valence-electron chi connectivity index (χ3n) is 2.14. The van der Waals surface area contributed by atoms with E-state index < -0.39 is 23.4 Å². The number of aromatic carboxylic acids is 1. The first kappa shape index (κ1) is 12.8. The van der Waals surface area contributed by atoms with Gasteiger partial charge >= 0.3 is 5.97 Å². The summed E-state index contributed by atoms with van der Waals surface area (Å²) in [4.78, 5) is 17.7. The molecule has 0 unspecified atom stereocenters. The van der Waals surface area contributed by atoms with Crippen molar-refractivity contribution >= 4 is 17.5 Å². The van der Waals surface area contributed by atoms with E-state index in [0.717, 1.165) is 12.4 Å². The smallest absolute Gasteiger partial charge is 0.356 e. The molecule has 8 heteroatoms. The standard InChI is InChI=1S/C11H6F3N3O2/c12-5-1-7(14)8(2-6(5)13)17-10-4-15-9(3-16-10)11(18)19/h1-4H,(H,16,17)(H,18,19). The number of hydrogen-bond donors (Lipinski definition) is 2. The summed E-state index contributed by atoms with van der Waals surface area (Å²) in [6, 6.07) is 1.01. The summed E-state index contributed by atoms with van der Waals surface area (Å²) in [5, 5.41) is 11.0. The number of carboxylic acids is 1. The highest BCUT2D eigenvalue weighted by molar-refractivity contribution is 5.85. The minimum absolute atomic E-state index is 0.00471. The molecule has 2 N–H and O–H groups in total. The minimum Gasteiger partial charge on any atom is -0.476 e. The lowest BCUT2D eigenvalue weighted by Gasteiger charge is -2.07. The van der Waals surface area contributed by atoms with E-state index in [9.17, 15) is 18.0 Å². The maximum atomic E-state index is 13.3. The van der Waals surface area contributed by atoms with Gasteiger partial charge in [0.25, 0.3) is 0 Å². The summed E-state index contributed by atoms with van der Waals surface area (Å²) in [6.07, 6.45) is 1.98. The first-order valence-electron chi connectivity index (χ1n) is 4.94. The molecular formula is C11H6F3N3O2. The molecule has 0 fully saturated rings. The van der Waals surface area contributed by atoms with Crippen molar-refractivity contribution in [3.8, 4) is 0 Å². The molecule has 1 aromatic carbocycles. The van der Waals surface area contributed by atoms with Crippen LogP contribution in [-0.4, -0.2) is 21.0 Å². The Kier molecular flexibility index (Phi) is 3.32. The Balaban J connectivity index is 2.26. The third-order valence-corrected chi connectivity index (χ3v) is 2.14. The number of hydrogen-bond acceptors (Lipinski definition) is 4. The van der Waals surface area contributed by atoms with E-state index in [1.165, 1.54) is 0 Å². The van der Waals surface area contributed by atoms with Gasteiger partial charge in [0.1, 0.15) is 11.6 Å². The van der Waals surface area contributed by atoms with Crippen LogP contribution in [0.1, 0.15) is 10.5 Å². The van der Waals surface area contributed by atoms with Crippen LogP contribution < -0.4 is 5.32 Å². The fraction of sp³-hybridized carbons (Fsp3) is 0. The second-order valence-corrected chi connectivity index (χ2v) is 3.46. The van der Waals surface area contributed by atoms with Crippen molar-refractivity contribution in [3.63, 3.8) is 0 Å². The van der Waals surface area contributed by atoms with Crippen LogP contribution in [0.4, 0.5) is 24.7 Å². The molecular weight excluding hydrogens is 263 g/mol. The van der Waals surface area contributed by atoms with Crippen molar-refractivity contribution in [2.24, 2.45) is 0 Å². The molecule has 0 atom stereocenters. The molecule has 19 heavy (non-hydrogen) atoms. The van der Waals surface area contributed by atoms with Gasteiger partial charge in [0.05, 0.1) is 18.1 Å². The monoisotopic (exact) mass is 269 g/mol.